The lowest BCUT2D eigenvalue weighted by molar-refractivity contribution is 0.363. The van der Waals surface area contributed by atoms with Crippen LogP contribution in [0, 0.1) is 0 Å². The summed E-state index contributed by atoms with van der Waals surface area (Å²) in [6.45, 7) is 0. The molecule has 0 radical (unpaired) electrons. The summed E-state index contributed by atoms with van der Waals surface area (Å²) in [6.07, 6.45) is 18.5. The highest BCUT2D eigenvalue weighted by atomic mass is 16.1. The third-order valence-electron chi connectivity index (χ3n) is 6.60. The Morgan fingerprint density at radius 2 is 1.42 bits per heavy atom. The Labute approximate surface area is 156 Å². The van der Waals surface area contributed by atoms with E-state index in [1.807, 2.05) is 17.0 Å². The summed E-state index contributed by atoms with van der Waals surface area (Å²) in [5.74, 6) is 0.650. The maximum absolute atomic E-state index is 13.1. The zero-order valence-corrected chi connectivity index (χ0v) is 16.0. The molecule has 0 bridgehead atoms. The quantitative estimate of drug-likeness (QED) is 0.610. The Morgan fingerprint density at radius 3 is 2.12 bits per heavy atom. The number of hydrogen-bond donors (Lipinski definition) is 0. The minimum Gasteiger partial charge on any atom is -0.296 e. The Hall–Kier alpha value is -1.64. The van der Waals surface area contributed by atoms with Crippen LogP contribution in [0.2, 0.25) is 0 Å². The molecule has 2 aliphatic carbocycles. The second-order valence-electron chi connectivity index (χ2n) is 8.42. The summed E-state index contributed by atoms with van der Waals surface area (Å²) >= 11 is 0. The Kier molecular flexibility index (Phi) is 5.72. The SMILES string of the molecule is O=c1c2ccc(C3CCCCCC3)cc2ncn1C1CCCCCCC1. The summed E-state index contributed by atoms with van der Waals surface area (Å²) in [4.78, 5) is 17.8. The van der Waals surface area contributed by atoms with Gasteiger partial charge in [-0.15, -0.1) is 0 Å². The van der Waals surface area contributed by atoms with Gasteiger partial charge in [0, 0.05) is 6.04 Å². The Balaban J connectivity index is 1.63. The monoisotopic (exact) mass is 352 g/mol. The summed E-state index contributed by atoms with van der Waals surface area (Å²) in [7, 11) is 0. The van der Waals surface area contributed by atoms with Crippen LogP contribution in [-0.4, -0.2) is 9.55 Å². The molecule has 1 heterocycles. The molecular weight excluding hydrogens is 320 g/mol. The first-order chi connectivity index (χ1) is 12.8. The van der Waals surface area contributed by atoms with Gasteiger partial charge in [-0.3, -0.25) is 9.36 Å². The maximum Gasteiger partial charge on any atom is 0.261 e. The molecule has 2 aromatic rings. The lowest BCUT2D eigenvalue weighted by Crippen LogP contribution is -2.26. The molecule has 0 saturated heterocycles. The van der Waals surface area contributed by atoms with Crippen molar-refractivity contribution in [2.24, 2.45) is 0 Å². The van der Waals surface area contributed by atoms with Crippen LogP contribution in [0.4, 0.5) is 0 Å². The van der Waals surface area contributed by atoms with Gasteiger partial charge < -0.3 is 0 Å². The minimum absolute atomic E-state index is 0.160. The van der Waals surface area contributed by atoms with Crippen molar-refractivity contribution in [2.75, 3.05) is 0 Å². The van der Waals surface area contributed by atoms with Crippen LogP contribution >= 0.6 is 0 Å². The van der Waals surface area contributed by atoms with E-state index in [2.05, 4.69) is 12.1 Å². The van der Waals surface area contributed by atoms with Crippen LogP contribution in [0.25, 0.3) is 10.9 Å². The summed E-state index contributed by atoms with van der Waals surface area (Å²) < 4.78 is 1.93. The molecule has 0 aliphatic heterocycles. The van der Waals surface area contributed by atoms with E-state index in [0.29, 0.717) is 12.0 Å². The molecule has 4 rings (SSSR count). The lowest BCUT2D eigenvalue weighted by atomic mass is 9.91. The molecule has 3 nitrogen and oxygen atoms in total. The molecule has 140 valence electrons. The summed E-state index contributed by atoms with van der Waals surface area (Å²) in [5, 5.41) is 0.798. The average Bonchev–Trinajstić information content (AvgIpc) is 2.92. The second-order valence-corrected chi connectivity index (χ2v) is 8.42. The summed E-state index contributed by atoms with van der Waals surface area (Å²) in [6, 6.07) is 6.77. The predicted molar refractivity (Wildman–Crippen MR) is 108 cm³/mol. The molecule has 2 aliphatic rings. The predicted octanol–water partition coefficient (Wildman–Crippen LogP) is 6.12. The van der Waals surface area contributed by atoms with Crippen LogP contribution in [0.3, 0.4) is 0 Å². The van der Waals surface area contributed by atoms with Gasteiger partial charge in [-0.05, 0) is 49.3 Å². The van der Waals surface area contributed by atoms with Gasteiger partial charge in [0.15, 0.2) is 0 Å². The normalized spacial score (nSPS) is 21.2. The van der Waals surface area contributed by atoms with Crippen LogP contribution in [0.15, 0.2) is 29.3 Å². The second kappa shape index (κ2) is 8.37. The van der Waals surface area contributed by atoms with Gasteiger partial charge in [0.05, 0.1) is 17.2 Å². The number of rotatable bonds is 2. The molecule has 2 fully saturated rings. The number of benzene rings is 1. The van der Waals surface area contributed by atoms with Crippen LogP contribution in [0.5, 0.6) is 0 Å². The third-order valence-corrected chi connectivity index (χ3v) is 6.60. The fourth-order valence-corrected chi connectivity index (χ4v) is 4.99. The third kappa shape index (κ3) is 3.87. The molecule has 26 heavy (non-hydrogen) atoms. The smallest absolute Gasteiger partial charge is 0.261 e. The van der Waals surface area contributed by atoms with Crippen molar-refractivity contribution < 1.29 is 0 Å². The van der Waals surface area contributed by atoms with Gasteiger partial charge >= 0.3 is 0 Å². The molecule has 0 spiro atoms. The number of hydrogen-bond acceptors (Lipinski definition) is 2. The van der Waals surface area contributed by atoms with Crippen molar-refractivity contribution in [1.82, 2.24) is 9.55 Å². The first kappa shape index (κ1) is 17.8. The van der Waals surface area contributed by atoms with Crippen molar-refractivity contribution in [3.8, 4) is 0 Å². The van der Waals surface area contributed by atoms with Crippen molar-refractivity contribution in [3.63, 3.8) is 0 Å². The number of aromatic nitrogens is 2. The molecule has 1 aromatic carbocycles. The highest BCUT2D eigenvalue weighted by Gasteiger charge is 2.18. The molecule has 0 N–H and O–H groups in total. The highest BCUT2D eigenvalue weighted by molar-refractivity contribution is 5.78. The molecule has 0 unspecified atom stereocenters. The van der Waals surface area contributed by atoms with Gasteiger partial charge in [0.1, 0.15) is 0 Å². The molecule has 0 amide bonds. The first-order valence-electron chi connectivity index (χ1n) is 10.8. The van der Waals surface area contributed by atoms with Crippen LogP contribution < -0.4 is 5.56 Å². The van der Waals surface area contributed by atoms with Crippen molar-refractivity contribution in [1.29, 1.82) is 0 Å². The standard InChI is InChI=1S/C23H32N2O/c26-23-21-15-14-19(18-10-6-4-5-7-11-18)16-22(21)24-17-25(23)20-12-8-2-1-3-9-13-20/h14-18,20H,1-13H2. The Bertz CT molecular complexity index is 778. The van der Waals surface area contributed by atoms with E-state index in [1.54, 1.807) is 0 Å². The molecule has 0 atom stereocenters. The number of nitrogens with zero attached hydrogens (tertiary/aromatic N) is 2. The van der Waals surface area contributed by atoms with E-state index < -0.39 is 0 Å². The van der Waals surface area contributed by atoms with E-state index in [9.17, 15) is 4.79 Å². The van der Waals surface area contributed by atoms with Crippen LogP contribution in [-0.2, 0) is 0 Å². The van der Waals surface area contributed by atoms with E-state index in [4.69, 9.17) is 4.98 Å². The average molecular weight is 353 g/mol. The molecule has 1 aromatic heterocycles. The van der Waals surface area contributed by atoms with Gasteiger partial charge in [-0.1, -0.05) is 63.9 Å². The topological polar surface area (TPSA) is 34.9 Å². The summed E-state index contributed by atoms with van der Waals surface area (Å²) in [5.41, 5.74) is 2.43. The van der Waals surface area contributed by atoms with E-state index >= 15 is 0 Å². The molecular formula is C23H32N2O. The van der Waals surface area contributed by atoms with E-state index in [1.165, 1.54) is 76.2 Å². The van der Waals surface area contributed by atoms with E-state index in [0.717, 1.165) is 23.7 Å². The zero-order chi connectivity index (χ0) is 17.8. The van der Waals surface area contributed by atoms with Gasteiger partial charge in [-0.25, -0.2) is 4.98 Å². The van der Waals surface area contributed by atoms with Crippen molar-refractivity contribution >= 4 is 10.9 Å². The zero-order valence-electron chi connectivity index (χ0n) is 16.0. The van der Waals surface area contributed by atoms with Gasteiger partial charge in [0.2, 0.25) is 0 Å². The largest absolute Gasteiger partial charge is 0.296 e. The lowest BCUT2D eigenvalue weighted by Gasteiger charge is -2.22. The minimum atomic E-state index is 0.160. The van der Waals surface area contributed by atoms with Crippen LogP contribution in [0.1, 0.15) is 101 Å². The van der Waals surface area contributed by atoms with E-state index in [-0.39, 0.29) is 5.56 Å². The Morgan fingerprint density at radius 1 is 0.808 bits per heavy atom. The molecule has 3 heteroatoms. The fourth-order valence-electron chi connectivity index (χ4n) is 4.99. The highest BCUT2D eigenvalue weighted by Crippen LogP contribution is 2.32. The van der Waals surface area contributed by atoms with Crippen molar-refractivity contribution in [3.05, 3.63) is 40.4 Å². The maximum atomic E-state index is 13.1. The fraction of sp³-hybridized carbons (Fsp3) is 0.652. The van der Waals surface area contributed by atoms with Gasteiger partial charge in [0.25, 0.3) is 5.56 Å². The number of fused-ring (bicyclic) bond motifs is 1. The van der Waals surface area contributed by atoms with Gasteiger partial charge in [-0.2, -0.15) is 0 Å². The van der Waals surface area contributed by atoms with Crippen molar-refractivity contribution in [2.45, 2.75) is 95.4 Å². The first-order valence-corrected chi connectivity index (χ1v) is 10.8. The molecule has 2 saturated carbocycles.